The number of nitrogens with one attached hydrogen (secondary N) is 1. The Labute approximate surface area is 144 Å². The molecular weight excluding hydrogens is 369 g/mol. The minimum absolute atomic E-state index is 0. The van der Waals surface area contributed by atoms with Crippen LogP contribution in [0, 0.1) is 11.8 Å². The molecule has 0 saturated carbocycles. The van der Waals surface area contributed by atoms with Gasteiger partial charge in [0.15, 0.2) is 0 Å². The predicted octanol–water partition coefficient (Wildman–Crippen LogP) is 2.24. The lowest BCUT2D eigenvalue weighted by atomic mass is 9.90. The van der Waals surface area contributed by atoms with E-state index in [4.69, 9.17) is 0 Å². The van der Waals surface area contributed by atoms with Crippen LogP contribution in [0.1, 0.15) is 6.42 Å². The molecule has 0 bridgehead atoms. The number of alkyl halides is 3. The molecule has 2 unspecified atom stereocenters. The highest BCUT2D eigenvalue weighted by Crippen LogP contribution is 2.31. The van der Waals surface area contributed by atoms with Crippen LogP contribution in [0.4, 0.5) is 13.2 Å². The molecule has 2 aliphatic heterocycles. The van der Waals surface area contributed by atoms with Gasteiger partial charge in [0.2, 0.25) is 10.0 Å². The number of rotatable bonds is 3. The molecular formula is C14H18ClF3N2O3S. The van der Waals surface area contributed by atoms with Crippen LogP contribution in [0.25, 0.3) is 0 Å². The highest BCUT2D eigenvalue weighted by molar-refractivity contribution is 7.89. The Kier molecular flexibility index (Phi) is 5.68. The number of benzene rings is 1. The summed E-state index contributed by atoms with van der Waals surface area (Å²) in [5, 5.41) is 3.24. The second-order valence-electron chi connectivity index (χ2n) is 5.85. The molecule has 0 aromatic heterocycles. The van der Waals surface area contributed by atoms with Gasteiger partial charge in [0.05, 0.1) is 4.90 Å². The Morgan fingerprint density at radius 3 is 2.62 bits per heavy atom. The fourth-order valence-electron chi connectivity index (χ4n) is 3.20. The summed E-state index contributed by atoms with van der Waals surface area (Å²) in [4.78, 5) is -0.177. The smallest absolute Gasteiger partial charge is 0.406 e. The van der Waals surface area contributed by atoms with E-state index in [-0.39, 0.29) is 23.2 Å². The van der Waals surface area contributed by atoms with Crippen molar-refractivity contribution in [2.75, 3.05) is 26.2 Å². The first-order valence-electron chi connectivity index (χ1n) is 7.32. The molecule has 136 valence electrons. The van der Waals surface area contributed by atoms with E-state index < -0.39 is 22.1 Å². The molecule has 2 heterocycles. The number of ether oxygens (including phenoxy) is 1. The molecule has 24 heavy (non-hydrogen) atoms. The molecule has 2 fully saturated rings. The van der Waals surface area contributed by atoms with Crippen LogP contribution >= 0.6 is 12.4 Å². The predicted molar refractivity (Wildman–Crippen MR) is 83.6 cm³/mol. The molecule has 0 aliphatic carbocycles. The van der Waals surface area contributed by atoms with Crippen LogP contribution in [0.3, 0.4) is 0 Å². The van der Waals surface area contributed by atoms with Crippen LogP contribution in [-0.2, 0) is 10.0 Å². The van der Waals surface area contributed by atoms with Crippen molar-refractivity contribution in [2.24, 2.45) is 11.8 Å². The average Bonchev–Trinajstić information content (AvgIpc) is 2.93. The number of halogens is 4. The zero-order valence-electron chi connectivity index (χ0n) is 12.6. The van der Waals surface area contributed by atoms with Crippen molar-refractivity contribution in [3.8, 4) is 5.75 Å². The molecule has 2 aliphatic rings. The van der Waals surface area contributed by atoms with E-state index in [1.54, 1.807) is 0 Å². The Morgan fingerprint density at radius 1 is 1.21 bits per heavy atom. The Bertz CT molecular complexity index is 684. The standard InChI is InChI=1S/C14H17F3N2O3S.ClH/c15-14(16,17)22-12-2-1-3-13(6-12)23(20,21)19-5-4-10-7-18-8-11(10)9-19;/h1-3,6,10-11,18H,4-5,7-9H2;1H. The molecule has 0 amide bonds. The van der Waals surface area contributed by atoms with E-state index in [2.05, 4.69) is 10.1 Å². The minimum Gasteiger partial charge on any atom is -0.406 e. The molecule has 1 aromatic carbocycles. The Balaban J connectivity index is 0.00000208. The van der Waals surface area contributed by atoms with Crippen LogP contribution in [0.2, 0.25) is 0 Å². The summed E-state index contributed by atoms with van der Waals surface area (Å²) in [5.74, 6) is 0.200. The summed E-state index contributed by atoms with van der Waals surface area (Å²) >= 11 is 0. The third-order valence-corrected chi connectivity index (χ3v) is 6.21. The number of piperidine rings is 1. The van der Waals surface area contributed by atoms with Gasteiger partial charge in [-0.2, -0.15) is 4.31 Å². The first-order valence-corrected chi connectivity index (χ1v) is 8.76. The maximum Gasteiger partial charge on any atom is 0.573 e. The Hall–Kier alpha value is -1.03. The zero-order valence-corrected chi connectivity index (χ0v) is 14.3. The minimum atomic E-state index is -4.85. The van der Waals surface area contributed by atoms with Crippen LogP contribution in [0.15, 0.2) is 29.2 Å². The normalized spacial score (nSPS) is 25.0. The quantitative estimate of drug-likeness (QED) is 0.865. The molecule has 2 saturated heterocycles. The van der Waals surface area contributed by atoms with Gasteiger partial charge < -0.3 is 10.1 Å². The molecule has 2 atom stereocenters. The van der Waals surface area contributed by atoms with Crippen LogP contribution < -0.4 is 10.1 Å². The molecule has 1 N–H and O–H groups in total. The van der Waals surface area contributed by atoms with Gasteiger partial charge in [-0.15, -0.1) is 25.6 Å². The van der Waals surface area contributed by atoms with Gasteiger partial charge in [-0.25, -0.2) is 8.42 Å². The van der Waals surface area contributed by atoms with Crippen LogP contribution in [0.5, 0.6) is 5.75 Å². The lowest BCUT2D eigenvalue weighted by molar-refractivity contribution is -0.274. The van der Waals surface area contributed by atoms with Crippen molar-refractivity contribution in [3.63, 3.8) is 0 Å². The lowest BCUT2D eigenvalue weighted by Gasteiger charge is -2.33. The van der Waals surface area contributed by atoms with Crippen molar-refractivity contribution < 1.29 is 26.3 Å². The molecule has 0 radical (unpaired) electrons. The maximum absolute atomic E-state index is 12.7. The SMILES string of the molecule is Cl.O=S(=O)(c1cccc(OC(F)(F)F)c1)N1CCC2CNCC2C1. The van der Waals surface area contributed by atoms with Gasteiger partial charge in [0.25, 0.3) is 0 Å². The fourth-order valence-corrected chi connectivity index (χ4v) is 4.75. The van der Waals surface area contributed by atoms with E-state index in [0.717, 1.165) is 31.6 Å². The molecule has 0 spiro atoms. The molecule has 5 nitrogen and oxygen atoms in total. The molecule has 10 heteroatoms. The van der Waals surface area contributed by atoms with Crippen molar-refractivity contribution in [1.82, 2.24) is 9.62 Å². The van der Waals surface area contributed by atoms with E-state index in [9.17, 15) is 21.6 Å². The van der Waals surface area contributed by atoms with Gasteiger partial charge in [0, 0.05) is 19.2 Å². The zero-order chi connectivity index (χ0) is 16.7. The van der Waals surface area contributed by atoms with E-state index in [1.165, 1.54) is 16.4 Å². The van der Waals surface area contributed by atoms with Gasteiger partial charge in [-0.05, 0) is 43.5 Å². The second-order valence-corrected chi connectivity index (χ2v) is 7.79. The summed E-state index contributed by atoms with van der Waals surface area (Å²) in [6, 6.07) is 4.54. The number of hydrogen-bond acceptors (Lipinski definition) is 4. The highest BCUT2D eigenvalue weighted by Gasteiger charge is 2.38. The lowest BCUT2D eigenvalue weighted by Crippen LogP contribution is -2.43. The average molecular weight is 387 g/mol. The van der Waals surface area contributed by atoms with Crippen molar-refractivity contribution in [1.29, 1.82) is 0 Å². The summed E-state index contributed by atoms with van der Waals surface area (Å²) in [6.07, 6.45) is -4.09. The monoisotopic (exact) mass is 386 g/mol. The van der Waals surface area contributed by atoms with E-state index >= 15 is 0 Å². The Morgan fingerprint density at radius 2 is 1.92 bits per heavy atom. The van der Waals surface area contributed by atoms with E-state index in [1.807, 2.05) is 0 Å². The summed E-state index contributed by atoms with van der Waals surface area (Å²) in [7, 11) is -3.82. The first-order chi connectivity index (χ1) is 10.8. The molecule has 1 aromatic rings. The molecule has 3 rings (SSSR count). The summed E-state index contributed by atoms with van der Waals surface area (Å²) in [5.41, 5.74) is 0. The van der Waals surface area contributed by atoms with Gasteiger partial charge in [-0.3, -0.25) is 0 Å². The van der Waals surface area contributed by atoms with Crippen molar-refractivity contribution >= 4 is 22.4 Å². The third-order valence-electron chi connectivity index (χ3n) is 4.34. The number of hydrogen-bond donors (Lipinski definition) is 1. The fraction of sp³-hybridized carbons (Fsp3) is 0.571. The van der Waals surface area contributed by atoms with E-state index in [0.29, 0.717) is 19.0 Å². The number of fused-ring (bicyclic) bond motifs is 1. The largest absolute Gasteiger partial charge is 0.573 e. The van der Waals surface area contributed by atoms with Crippen LogP contribution in [-0.4, -0.2) is 45.3 Å². The maximum atomic E-state index is 12.7. The number of sulfonamides is 1. The first kappa shape index (κ1) is 19.3. The van der Waals surface area contributed by atoms with Gasteiger partial charge in [-0.1, -0.05) is 6.07 Å². The van der Waals surface area contributed by atoms with Gasteiger partial charge >= 0.3 is 6.36 Å². The van der Waals surface area contributed by atoms with Gasteiger partial charge in [0.1, 0.15) is 5.75 Å². The summed E-state index contributed by atoms with van der Waals surface area (Å²) in [6.45, 7) is 2.45. The topological polar surface area (TPSA) is 58.6 Å². The second kappa shape index (κ2) is 7.07. The van der Waals surface area contributed by atoms with Crippen molar-refractivity contribution in [3.05, 3.63) is 24.3 Å². The summed E-state index contributed by atoms with van der Waals surface area (Å²) < 4.78 is 67.3. The highest BCUT2D eigenvalue weighted by atomic mass is 35.5. The van der Waals surface area contributed by atoms with Crippen molar-refractivity contribution in [2.45, 2.75) is 17.7 Å². The number of nitrogens with zero attached hydrogens (tertiary/aromatic N) is 1. The third kappa shape index (κ3) is 4.14.